The first-order valence-corrected chi connectivity index (χ1v) is 8.31. The molecule has 2 rings (SSSR count). The third kappa shape index (κ3) is 5.43. The van der Waals surface area contributed by atoms with Crippen molar-refractivity contribution >= 4 is 40.3 Å². The second-order valence-electron chi connectivity index (χ2n) is 4.69. The van der Waals surface area contributed by atoms with Gasteiger partial charge in [-0.05, 0) is 19.1 Å². The fourth-order valence-corrected chi connectivity index (χ4v) is 2.75. The molecule has 1 aromatic heterocycles. The maximum atomic E-state index is 13.0. The predicted octanol–water partition coefficient (Wildman–Crippen LogP) is 4.37. The number of hydrazone groups is 1. The Morgan fingerprint density at radius 2 is 2.24 bits per heavy atom. The molecule has 1 aromatic carbocycles. The molecular weight excluding hydrogens is 379 g/mol. The minimum atomic E-state index is -4.54. The van der Waals surface area contributed by atoms with Crippen LogP contribution < -0.4 is 5.43 Å². The summed E-state index contributed by atoms with van der Waals surface area (Å²) in [7, 11) is 0. The number of aromatic nitrogens is 1. The number of anilines is 1. The minimum absolute atomic E-state index is 0.0124. The number of halogens is 4. The van der Waals surface area contributed by atoms with Crippen LogP contribution in [0.5, 0.6) is 0 Å². The van der Waals surface area contributed by atoms with Crippen LogP contribution in [0.4, 0.5) is 18.3 Å². The van der Waals surface area contributed by atoms with Gasteiger partial charge in [0.15, 0.2) is 0 Å². The van der Waals surface area contributed by atoms with E-state index in [0.29, 0.717) is 10.8 Å². The standard InChI is InChI=1S/C15H13ClF3N3O2S/c1-2-24-13(23)6-9-8-25-14(21-9)22-20-7-10-11(15(17,18)19)4-3-5-12(10)16/h3-5,7-8H,2,6H2,1H3,(H,21,22). The lowest BCUT2D eigenvalue weighted by atomic mass is 10.1. The maximum Gasteiger partial charge on any atom is 0.417 e. The van der Waals surface area contributed by atoms with Gasteiger partial charge in [-0.3, -0.25) is 10.2 Å². The number of thiazole rings is 1. The number of hydrogen-bond donors (Lipinski definition) is 1. The van der Waals surface area contributed by atoms with Gasteiger partial charge in [0.1, 0.15) is 0 Å². The second-order valence-corrected chi connectivity index (χ2v) is 5.96. The van der Waals surface area contributed by atoms with Crippen LogP contribution in [-0.4, -0.2) is 23.8 Å². The van der Waals surface area contributed by atoms with Gasteiger partial charge >= 0.3 is 12.1 Å². The van der Waals surface area contributed by atoms with Gasteiger partial charge in [-0.15, -0.1) is 11.3 Å². The van der Waals surface area contributed by atoms with Crippen molar-refractivity contribution in [1.29, 1.82) is 0 Å². The van der Waals surface area contributed by atoms with Crippen LogP contribution in [0, 0.1) is 0 Å². The molecule has 1 heterocycles. The zero-order valence-electron chi connectivity index (χ0n) is 12.9. The molecule has 1 N–H and O–H groups in total. The molecule has 0 aliphatic heterocycles. The molecule has 134 valence electrons. The van der Waals surface area contributed by atoms with Crippen LogP contribution in [-0.2, 0) is 22.1 Å². The van der Waals surface area contributed by atoms with Crippen molar-refractivity contribution in [3.63, 3.8) is 0 Å². The monoisotopic (exact) mass is 391 g/mol. The Morgan fingerprint density at radius 1 is 1.48 bits per heavy atom. The Morgan fingerprint density at radius 3 is 2.92 bits per heavy atom. The molecule has 10 heteroatoms. The molecular formula is C15H13ClF3N3O2S. The molecule has 5 nitrogen and oxygen atoms in total. The minimum Gasteiger partial charge on any atom is -0.466 e. The number of rotatable bonds is 6. The Bertz CT molecular complexity index is 778. The molecule has 0 aliphatic carbocycles. The molecule has 0 saturated heterocycles. The van der Waals surface area contributed by atoms with E-state index in [1.54, 1.807) is 12.3 Å². The molecule has 0 amide bonds. The summed E-state index contributed by atoms with van der Waals surface area (Å²) in [5, 5.41) is 5.64. The quantitative estimate of drug-likeness (QED) is 0.451. The van der Waals surface area contributed by atoms with Gasteiger partial charge in [-0.25, -0.2) is 4.98 Å². The van der Waals surface area contributed by atoms with Crippen LogP contribution >= 0.6 is 22.9 Å². The number of carbonyl (C=O) groups excluding carboxylic acids is 1. The SMILES string of the molecule is CCOC(=O)Cc1csc(NN=Cc2c(Cl)cccc2C(F)(F)F)n1. The van der Waals surface area contributed by atoms with Gasteiger partial charge in [0.05, 0.1) is 35.5 Å². The number of hydrogen-bond acceptors (Lipinski definition) is 6. The van der Waals surface area contributed by atoms with Crippen LogP contribution in [0.3, 0.4) is 0 Å². The van der Waals surface area contributed by atoms with Crippen molar-refractivity contribution in [3.05, 3.63) is 45.4 Å². The third-order valence-corrected chi connectivity index (χ3v) is 4.02. The van der Waals surface area contributed by atoms with Crippen LogP contribution in [0.15, 0.2) is 28.7 Å². The summed E-state index contributed by atoms with van der Waals surface area (Å²) in [6, 6.07) is 3.49. The summed E-state index contributed by atoms with van der Waals surface area (Å²) >= 11 is 6.98. The molecule has 0 bridgehead atoms. The van der Waals surface area contributed by atoms with Crippen LogP contribution in [0.25, 0.3) is 0 Å². The molecule has 0 aliphatic rings. The van der Waals surface area contributed by atoms with E-state index >= 15 is 0 Å². The number of carbonyl (C=O) groups is 1. The number of esters is 1. The van der Waals surface area contributed by atoms with E-state index in [-0.39, 0.29) is 23.6 Å². The summed E-state index contributed by atoms with van der Waals surface area (Å²) in [5.74, 6) is -0.409. The van der Waals surface area contributed by atoms with Crippen molar-refractivity contribution in [3.8, 4) is 0 Å². The van der Waals surface area contributed by atoms with E-state index in [1.165, 1.54) is 12.1 Å². The van der Waals surface area contributed by atoms with Crippen molar-refractivity contribution in [2.45, 2.75) is 19.5 Å². The first-order chi connectivity index (χ1) is 11.8. The largest absolute Gasteiger partial charge is 0.466 e. The normalized spacial score (nSPS) is 11.7. The second kappa shape index (κ2) is 8.30. The van der Waals surface area contributed by atoms with Gasteiger partial charge in [0.2, 0.25) is 5.13 Å². The smallest absolute Gasteiger partial charge is 0.417 e. The lowest BCUT2D eigenvalue weighted by molar-refractivity contribution is -0.142. The fourth-order valence-electron chi connectivity index (χ4n) is 1.87. The summed E-state index contributed by atoms with van der Waals surface area (Å²) < 4.78 is 43.7. The van der Waals surface area contributed by atoms with E-state index in [1.807, 2.05) is 0 Å². The van der Waals surface area contributed by atoms with E-state index in [2.05, 4.69) is 15.5 Å². The fraction of sp³-hybridized carbons (Fsp3) is 0.267. The van der Waals surface area contributed by atoms with Crippen molar-refractivity contribution < 1.29 is 22.7 Å². The molecule has 0 radical (unpaired) electrons. The lowest BCUT2D eigenvalue weighted by Gasteiger charge is -2.10. The molecule has 25 heavy (non-hydrogen) atoms. The van der Waals surface area contributed by atoms with Gasteiger partial charge in [-0.1, -0.05) is 17.7 Å². The van der Waals surface area contributed by atoms with Gasteiger partial charge < -0.3 is 4.74 Å². The molecule has 0 unspecified atom stereocenters. The molecule has 0 saturated carbocycles. The highest BCUT2D eigenvalue weighted by Crippen LogP contribution is 2.34. The van der Waals surface area contributed by atoms with Crippen molar-refractivity contribution in [2.75, 3.05) is 12.0 Å². The van der Waals surface area contributed by atoms with Gasteiger partial charge in [0.25, 0.3) is 0 Å². The zero-order valence-corrected chi connectivity index (χ0v) is 14.5. The average Bonchev–Trinajstić information content (AvgIpc) is 2.95. The predicted molar refractivity (Wildman–Crippen MR) is 90.1 cm³/mol. The summed E-state index contributed by atoms with van der Waals surface area (Å²) in [5.41, 5.74) is 1.88. The summed E-state index contributed by atoms with van der Waals surface area (Å²) in [6.07, 6.45) is -3.55. The first-order valence-electron chi connectivity index (χ1n) is 7.06. The van der Waals surface area contributed by atoms with Gasteiger partial charge in [-0.2, -0.15) is 18.3 Å². The highest BCUT2D eigenvalue weighted by atomic mass is 35.5. The van der Waals surface area contributed by atoms with E-state index in [9.17, 15) is 18.0 Å². The Balaban J connectivity index is 2.07. The third-order valence-electron chi connectivity index (χ3n) is 2.89. The summed E-state index contributed by atoms with van der Waals surface area (Å²) in [6.45, 7) is 1.97. The average molecular weight is 392 g/mol. The molecule has 0 spiro atoms. The van der Waals surface area contributed by atoms with Crippen molar-refractivity contribution in [1.82, 2.24) is 4.98 Å². The Hall–Kier alpha value is -2.13. The van der Waals surface area contributed by atoms with E-state index < -0.39 is 17.7 Å². The highest BCUT2D eigenvalue weighted by molar-refractivity contribution is 7.13. The number of nitrogens with zero attached hydrogens (tertiary/aromatic N) is 2. The van der Waals surface area contributed by atoms with Crippen LogP contribution in [0.2, 0.25) is 5.02 Å². The number of alkyl halides is 3. The van der Waals surface area contributed by atoms with Gasteiger partial charge in [0, 0.05) is 10.9 Å². The number of benzene rings is 1. The first kappa shape index (κ1) is 19.2. The molecule has 0 fully saturated rings. The zero-order chi connectivity index (χ0) is 18.4. The Labute approximate surface area is 150 Å². The molecule has 0 atom stereocenters. The summed E-state index contributed by atoms with van der Waals surface area (Å²) in [4.78, 5) is 15.5. The maximum absolute atomic E-state index is 13.0. The Kier molecular flexibility index (Phi) is 6.38. The van der Waals surface area contributed by atoms with Crippen molar-refractivity contribution in [2.24, 2.45) is 5.10 Å². The number of nitrogens with one attached hydrogen (secondary N) is 1. The van der Waals surface area contributed by atoms with Crippen LogP contribution in [0.1, 0.15) is 23.7 Å². The van der Waals surface area contributed by atoms with E-state index in [0.717, 1.165) is 23.6 Å². The number of ether oxygens (including phenoxy) is 1. The molecule has 2 aromatic rings. The lowest BCUT2D eigenvalue weighted by Crippen LogP contribution is -2.09. The highest BCUT2D eigenvalue weighted by Gasteiger charge is 2.33. The topological polar surface area (TPSA) is 63.6 Å². The van der Waals surface area contributed by atoms with E-state index in [4.69, 9.17) is 16.3 Å².